The number of para-hydroxylation sites is 2. The molecule has 7 heteroatoms. The van der Waals surface area contributed by atoms with Crippen LogP contribution in [0.4, 0.5) is 10.5 Å². The number of ether oxygens (including phenoxy) is 2. The van der Waals surface area contributed by atoms with E-state index in [1.807, 2.05) is 36.6 Å². The summed E-state index contributed by atoms with van der Waals surface area (Å²) in [5, 5.41) is 5.82. The fraction of sp³-hybridized carbons (Fsp3) is 0.200. The van der Waals surface area contributed by atoms with Gasteiger partial charge in [-0.3, -0.25) is 0 Å². The summed E-state index contributed by atoms with van der Waals surface area (Å²) in [7, 11) is 3.34. The summed E-state index contributed by atoms with van der Waals surface area (Å²) in [6, 6.07) is 14.4. The Bertz CT molecular complexity index is 909. The Morgan fingerprint density at radius 1 is 1.15 bits per heavy atom. The molecule has 1 heterocycles. The summed E-state index contributed by atoms with van der Waals surface area (Å²) in [5.41, 5.74) is 1.57. The molecule has 0 aliphatic heterocycles. The fourth-order valence-corrected chi connectivity index (χ4v) is 3.05. The van der Waals surface area contributed by atoms with Gasteiger partial charge in [-0.15, -0.1) is 11.3 Å². The van der Waals surface area contributed by atoms with E-state index >= 15 is 0 Å². The number of carbonyl (C=O) groups is 1. The third kappa shape index (κ3) is 4.98. The Kier molecular flexibility index (Phi) is 5.93. The number of rotatable bonds is 6. The van der Waals surface area contributed by atoms with Gasteiger partial charge in [0.1, 0.15) is 5.75 Å². The number of amides is 2. The van der Waals surface area contributed by atoms with Gasteiger partial charge >= 0.3 is 6.03 Å². The van der Waals surface area contributed by atoms with Crippen molar-refractivity contribution in [3.05, 3.63) is 64.6 Å². The van der Waals surface area contributed by atoms with Crippen LogP contribution in [0, 0.1) is 6.92 Å². The van der Waals surface area contributed by atoms with Gasteiger partial charge in [-0.1, -0.05) is 12.1 Å². The Morgan fingerprint density at radius 3 is 2.48 bits per heavy atom. The van der Waals surface area contributed by atoms with Gasteiger partial charge in [0.15, 0.2) is 11.5 Å². The highest BCUT2D eigenvalue weighted by Crippen LogP contribution is 2.31. The molecule has 0 saturated carbocycles. The number of benzene rings is 2. The number of nitrogens with one attached hydrogen (secondary N) is 1. The molecular formula is C20H21N3O3S. The quantitative estimate of drug-likeness (QED) is 0.656. The number of aromatic nitrogens is 1. The van der Waals surface area contributed by atoms with Crippen molar-refractivity contribution in [2.75, 3.05) is 19.5 Å². The van der Waals surface area contributed by atoms with Gasteiger partial charge in [0.25, 0.3) is 0 Å². The molecule has 0 saturated heterocycles. The highest BCUT2D eigenvalue weighted by atomic mass is 32.1. The SMILES string of the molecule is COc1ccccc1Oc1ccc(NC(=O)N(C)Cc2csc(C)n2)cc1. The van der Waals surface area contributed by atoms with Crippen LogP contribution in [0.1, 0.15) is 10.7 Å². The van der Waals surface area contributed by atoms with Gasteiger partial charge in [-0.25, -0.2) is 9.78 Å². The standard InChI is InChI=1S/C20H21N3O3S/c1-14-21-16(13-27-14)12-23(2)20(24)22-15-8-10-17(11-9-15)26-19-7-5-4-6-18(19)25-3/h4-11,13H,12H2,1-3H3,(H,22,24). The number of methoxy groups -OCH3 is 1. The zero-order chi connectivity index (χ0) is 19.2. The van der Waals surface area contributed by atoms with Crippen LogP contribution in [-0.2, 0) is 6.54 Å². The van der Waals surface area contributed by atoms with E-state index in [1.54, 1.807) is 54.7 Å². The lowest BCUT2D eigenvalue weighted by Crippen LogP contribution is -2.30. The van der Waals surface area contributed by atoms with Crippen LogP contribution in [0.25, 0.3) is 0 Å². The molecular weight excluding hydrogens is 362 g/mol. The molecule has 0 atom stereocenters. The molecule has 0 radical (unpaired) electrons. The van der Waals surface area contributed by atoms with Crippen molar-refractivity contribution >= 4 is 23.1 Å². The normalized spacial score (nSPS) is 10.3. The molecule has 0 spiro atoms. The van der Waals surface area contributed by atoms with Crippen molar-refractivity contribution in [2.24, 2.45) is 0 Å². The monoisotopic (exact) mass is 383 g/mol. The maximum atomic E-state index is 12.3. The highest BCUT2D eigenvalue weighted by Gasteiger charge is 2.11. The fourth-order valence-electron chi connectivity index (χ4n) is 2.45. The molecule has 2 aromatic carbocycles. The molecule has 1 N–H and O–H groups in total. The van der Waals surface area contributed by atoms with E-state index in [9.17, 15) is 4.79 Å². The number of carbonyl (C=O) groups excluding carboxylic acids is 1. The number of anilines is 1. The molecule has 140 valence electrons. The van der Waals surface area contributed by atoms with Crippen LogP contribution in [0.5, 0.6) is 17.2 Å². The zero-order valence-electron chi connectivity index (χ0n) is 15.4. The highest BCUT2D eigenvalue weighted by molar-refractivity contribution is 7.09. The number of hydrogen-bond acceptors (Lipinski definition) is 5. The number of nitrogens with zero attached hydrogens (tertiary/aromatic N) is 2. The van der Waals surface area contributed by atoms with Crippen LogP contribution in [0.3, 0.4) is 0 Å². The smallest absolute Gasteiger partial charge is 0.321 e. The summed E-state index contributed by atoms with van der Waals surface area (Å²) < 4.78 is 11.1. The molecule has 27 heavy (non-hydrogen) atoms. The molecule has 6 nitrogen and oxygen atoms in total. The Labute approximate surface area is 162 Å². The van der Waals surface area contributed by atoms with Gasteiger partial charge in [0.2, 0.25) is 0 Å². The average molecular weight is 383 g/mol. The first kappa shape index (κ1) is 18.7. The molecule has 0 bridgehead atoms. The lowest BCUT2D eigenvalue weighted by Gasteiger charge is -2.17. The zero-order valence-corrected chi connectivity index (χ0v) is 16.2. The maximum absolute atomic E-state index is 12.3. The van der Waals surface area contributed by atoms with Gasteiger partial charge in [0, 0.05) is 18.1 Å². The second kappa shape index (κ2) is 8.55. The van der Waals surface area contributed by atoms with Crippen molar-refractivity contribution < 1.29 is 14.3 Å². The van der Waals surface area contributed by atoms with Crippen molar-refractivity contribution in [3.8, 4) is 17.2 Å². The van der Waals surface area contributed by atoms with Crippen LogP contribution in [0.2, 0.25) is 0 Å². The number of thiazole rings is 1. The molecule has 0 unspecified atom stereocenters. The molecule has 3 aromatic rings. The van der Waals surface area contributed by atoms with Crippen LogP contribution in [0.15, 0.2) is 53.9 Å². The summed E-state index contributed by atoms with van der Waals surface area (Å²) in [6.45, 7) is 2.41. The molecule has 0 aliphatic rings. The largest absolute Gasteiger partial charge is 0.493 e. The second-order valence-electron chi connectivity index (χ2n) is 5.92. The molecule has 3 rings (SSSR count). The Balaban J connectivity index is 1.59. The van der Waals surface area contributed by atoms with Crippen molar-refractivity contribution in [1.82, 2.24) is 9.88 Å². The first-order valence-electron chi connectivity index (χ1n) is 8.39. The van der Waals surface area contributed by atoms with Gasteiger partial charge in [-0.05, 0) is 43.3 Å². The van der Waals surface area contributed by atoms with E-state index in [0.29, 0.717) is 29.5 Å². The van der Waals surface area contributed by atoms with E-state index in [2.05, 4.69) is 10.3 Å². The van der Waals surface area contributed by atoms with Gasteiger partial charge in [-0.2, -0.15) is 0 Å². The molecule has 0 fully saturated rings. The van der Waals surface area contributed by atoms with Crippen molar-refractivity contribution in [3.63, 3.8) is 0 Å². The van der Waals surface area contributed by atoms with Crippen LogP contribution in [-0.4, -0.2) is 30.1 Å². The van der Waals surface area contributed by atoms with Crippen LogP contribution < -0.4 is 14.8 Å². The number of hydrogen-bond donors (Lipinski definition) is 1. The Morgan fingerprint density at radius 2 is 1.85 bits per heavy atom. The summed E-state index contributed by atoms with van der Waals surface area (Å²) in [6.07, 6.45) is 0. The van der Waals surface area contributed by atoms with E-state index in [0.717, 1.165) is 10.7 Å². The topological polar surface area (TPSA) is 63.7 Å². The van der Waals surface area contributed by atoms with E-state index in [1.165, 1.54) is 0 Å². The van der Waals surface area contributed by atoms with E-state index in [4.69, 9.17) is 9.47 Å². The minimum absolute atomic E-state index is 0.195. The first-order chi connectivity index (χ1) is 13.0. The maximum Gasteiger partial charge on any atom is 0.321 e. The minimum Gasteiger partial charge on any atom is -0.493 e. The summed E-state index contributed by atoms with van der Waals surface area (Å²) in [5.74, 6) is 1.95. The van der Waals surface area contributed by atoms with Crippen molar-refractivity contribution in [2.45, 2.75) is 13.5 Å². The van der Waals surface area contributed by atoms with E-state index < -0.39 is 0 Å². The third-order valence-electron chi connectivity index (χ3n) is 3.81. The summed E-state index contributed by atoms with van der Waals surface area (Å²) >= 11 is 1.57. The summed E-state index contributed by atoms with van der Waals surface area (Å²) in [4.78, 5) is 18.3. The lowest BCUT2D eigenvalue weighted by atomic mass is 10.3. The van der Waals surface area contributed by atoms with Gasteiger partial charge in [0.05, 0.1) is 24.4 Å². The first-order valence-corrected chi connectivity index (χ1v) is 9.27. The molecule has 1 aromatic heterocycles. The molecule has 0 aliphatic carbocycles. The number of aryl methyl sites for hydroxylation is 1. The predicted molar refractivity (Wildman–Crippen MR) is 107 cm³/mol. The number of urea groups is 1. The minimum atomic E-state index is -0.195. The van der Waals surface area contributed by atoms with Crippen LogP contribution >= 0.6 is 11.3 Å². The lowest BCUT2D eigenvalue weighted by molar-refractivity contribution is 0.220. The predicted octanol–water partition coefficient (Wildman–Crippen LogP) is 4.92. The van der Waals surface area contributed by atoms with E-state index in [-0.39, 0.29) is 6.03 Å². The Hall–Kier alpha value is -3.06. The molecule has 2 amide bonds. The average Bonchev–Trinajstić information content (AvgIpc) is 3.08. The third-order valence-corrected chi connectivity index (χ3v) is 4.64. The second-order valence-corrected chi connectivity index (χ2v) is 6.98. The van der Waals surface area contributed by atoms with Gasteiger partial charge < -0.3 is 19.7 Å². The van der Waals surface area contributed by atoms with Crippen molar-refractivity contribution in [1.29, 1.82) is 0 Å².